The van der Waals surface area contributed by atoms with E-state index in [0.29, 0.717) is 26.8 Å². The van der Waals surface area contributed by atoms with Crippen molar-refractivity contribution in [3.8, 4) is 0 Å². The molecule has 1 aromatic carbocycles. The van der Waals surface area contributed by atoms with Gasteiger partial charge < -0.3 is 14.3 Å². The number of fused-ring (bicyclic) bond motifs is 1. The van der Waals surface area contributed by atoms with Crippen LogP contribution in [0.2, 0.25) is 10.0 Å². The fourth-order valence-corrected chi connectivity index (χ4v) is 3.52. The summed E-state index contributed by atoms with van der Waals surface area (Å²) in [5, 5.41) is 1.09. The number of hydrogen-bond acceptors (Lipinski definition) is 2. The first kappa shape index (κ1) is 14.4. The Hall–Kier alpha value is -0.550. The summed E-state index contributed by atoms with van der Waals surface area (Å²) >= 11 is 17.6. The van der Waals surface area contributed by atoms with Crippen LogP contribution in [0.4, 0.5) is 0 Å². The van der Waals surface area contributed by atoms with Gasteiger partial charge in [-0.2, -0.15) is 0 Å². The van der Waals surface area contributed by atoms with E-state index < -0.39 is 0 Å². The molecule has 20 heavy (non-hydrogen) atoms. The van der Waals surface area contributed by atoms with Crippen molar-refractivity contribution < 1.29 is 4.74 Å². The van der Waals surface area contributed by atoms with Crippen LogP contribution in [0.3, 0.4) is 0 Å². The second kappa shape index (κ2) is 5.68. The molecule has 0 amide bonds. The number of rotatable bonds is 3. The monoisotopic (exact) mass is 330 g/mol. The van der Waals surface area contributed by atoms with Gasteiger partial charge in [0.25, 0.3) is 0 Å². The first-order valence-electron chi connectivity index (χ1n) is 6.79. The molecule has 0 saturated carbocycles. The molecule has 6 heteroatoms. The Morgan fingerprint density at radius 3 is 2.90 bits per heavy atom. The average molecular weight is 331 g/mol. The normalized spacial score (nSPS) is 22.8. The van der Waals surface area contributed by atoms with Gasteiger partial charge in [0.2, 0.25) is 0 Å². The van der Waals surface area contributed by atoms with Gasteiger partial charge in [-0.05, 0) is 37.2 Å². The van der Waals surface area contributed by atoms with Crippen molar-refractivity contribution in [2.45, 2.75) is 32.4 Å². The topological polar surface area (TPSA) is 29.9 Å². The summed E-state index contributed by atoms with van der Waals surface area (Å²) in [6, 6.07) is 3.70. The van der Waals surface area contributed by atoms with E-state index in [9.17, 15) is 0 Å². The molecule has 3 rings (SSSR count). The number of halogens is 2. The minimum absolute atomic E-state index is 0.324. The van der Waals surface area contributed by atoms with E-state index in [0.717, 1.165) is 37.0 Å². The highest BCUT2D eigenvalue weighted by Crippen LogP contribution is 2.30. The maximum absolute atomic E-state index is 6.12. The van der Waals surface area contributed by atoms with Crippen molar-refractivity contribution in [2.75, 3.05) is 6.61 Å². The summed E-state index contributed by atoms with van der Waals surface area (Å²) in [6.45, 7) is 3.86. The third-order valence-electron chi connectivity index (χ3n) is 3.98. The van der Waals surface area contributed by atoms with E-state index >= 15 is 0 Å². The van der Waals surface area contributed by atoms with Crippen LogP contribution in [0.15, 0.2) is 12.1 Å². The van der Waals surface area contributed by atoms with E-state index in [-0.39, 0.29) is 0 Å². The minimum Gasteiger partial charge on any atom is -0.378 e. The molecular weight excluding hydrogens is 315 g/mol. The van der Waals surface area contributed by atoms with Crippen molar-refractivity contribution in [2.24, 2.45) is 5.92 Å². The number of imidazole rings is 1. The number of ether oxygens (including phenoxy) is 1. The molecule has 0 aliphatic carbocycles. The van der Waals surface area contributed by atoms with Crippen LogP contribution in [0.5, 0.6) is 0 Å². The number of nitrogens with zero attached hydrogens (tertiary/aromatic N) is 1. The Labute approximate surface area is 132 Å². The third-order valence-corrected chi connectivity index (χ3v) is 5.03. The summed E-state index contributed by atoms with van der Waals surface area (Å²) in [6.07, 6.45) is 2.44. The first-order valence-corrected chi connectivity index (χ1v) is 7.95. The van der Waals surface area contributed by atoms with Gasteiger partial charge in [-0.3, -0.25) is 0 Å². The number of benzene rings is 1. The smallest absolute Gasteiger partial charge is 0.178 e. The number of hydrogen-bond donors (Lipinski definition) is 1. The standard InChI is InChI=1S/C14H16Cl2N2OS/c1-2-13-8(3-4-19-13)7-18-12-6-10(16)9(15)5-11(12)17-14(18)20/h5-6,8,13H,2-4,7H2,1H3,(H,17,20). The molecule has 3 nitrogen and oxygen atoms in total. The Kier molecular flexibility index (Phi) is 4.09. The molecule has 0 radical (unpaired) electrons. The molecule has 1 aliphatic heterocycles. The molecule has 1 aromatic heterocycles. The van der Waals surface area contributed by atoms with Crippen LogP contribution in [-0.4, -0.2) is 22.3 Å². The lowest BCUT2D eigenvalue weighted by atomic mass is 9.99. The molecule has 2 atom stereocenters. The summed E-state index contributed by atoms with van der Waals surface area (Å²) < 4.78 is 8.57. The van der Waals surface area contributed by atoms with Crippen molar-refractivity contribution in [3.63, 3.8) is 0 Å². The van der Waals surface area contributed by atoms with Crippen LogP contribution in [0, 0.1) is 10.7 Å². The van der Waals surface area contributed by atoms with Crippen molar-refractivity contribution >= 4 is 46.5 Å². The Morgan fingerprint density at radius 1 is 1.40 bits per heavy atom. The lowest BCUT2D eigenvalue weighted by Crippen LogP contribution is -2.20. The van der Waals surface area contributed by atoms with Crippen LogP contribution in [0.25, 0.3) is 11.0 Å². The van der Waals surface area contributed by atoms with Gasteiger partial charge in [0, 0.05) is 19.1 Å². The summed E-state index contributed by atoms with van der Waals surface area (Å²) in [5.74, 6) is 0.500. The fraction of sp³-hybridized carbons (Fsp3) is 0.500. The second-order valence-electron chi connectivity index (χ2n) is 5.19. The van der Waals surface area contributed by atoms with Crippen LogP contribution < -0.4 is 0 Å². The van der Waals surface area contributed by atoms with Gasteiger partial charge in [-0.1, -0.05) is 30.1 Å². The van der Waals surface area contributed by atoms with Crippen molar-refractivity contribution in [1.29, 1.82) is 0 Å². The molecule has 0 bridgehead atoms. The van der Waals surface area contributed by atoms with Crippen molar-refractivity contribution in [3.05, 3.63) is 26.9 Å². The lowest BCUT2D eigenvalue weighted by Gasteiger charge is -2.17. The summed E-state index contributed by atoms with van der Waals surface area (Å²) in [5.41, 5.74) is 1.93. The molecular formula is C14H16Cl2N2OS. The molecule has 2 heterocycles. The summed E-state index contributed by atoms with van der Waals surface area (Å²) in [7, 11) is 0. The third kappa shape index (κ3) is 2.50. The van der Waals surface area contributed by atoms with E-state index in [1.54, 1.807) is 0 Å². The van der Waals surface area contributed by atoms with Gasteiger partial charge in [0.05, 0.1) is 27.2 Å². The molecule has 2 unspecified atom stereocenters. The largest absolute Gasteiger partial charge is 0.378 e. The lowest BCUT2D eigenvalue weighted by molar-refractivity contribution is 0.0837. The molecule has 1 fully saturated rings. The van der Waals surface area contributed by atoms with Gasteiger partial charge in [-0.25, -0.2) is 0 Å². The van der Waals surface area contributed by atoms with Gasteiger partial charge in [0.15, 0.2) is 4.77 Å². The van der Waals surface area contributed by atoms with E-state index in [2.05, 4.69) is 16.5 Å². The molecule has 1 saturated heterocycles. The van der Waals surface area contributed by atoms with Gasteiger partial charge in [0.1, 0.15) is 0 Å². The van der Waals surface area contributed by atoms with E-state index in [1.807, 2.05) is 12.1 Å². The Bertz CT molecular complexity index is 694. The van der Waals surface area contributed by atoms with E-state index in [4.69, 9.17) is 40.2 Å². The van der Waals surface area contributed by atoms with Crippen LogP contribution in [0.1, 0.15) is 19.8 Å². The zero-order valence-corrected chi connectivity index (χ0v) is 13.5. The number of nitrogens with one attached hydrogen (secondary N) is 1. The molecule has 1 aliphatic rings. The zero-order valence-electron chi connectivity index (χ0n) is 11.2. The van der Waals surface area contributed by atoms with Gasteiger partial charge in [-0.15, -0.1) is 0 Å². The fourth-order valence-electron chi connectivity index (χ4n) is 2.92. The first-order chi connectivity index (χ1) is 9.60. The predicted octanol–water partition coefficient (Wildman–Crippen LogP) is 4.82. The molecule has 108 valence electrons. The Balaban J connectivity index is 2.01. The quantitative estimate of drug-likeness (QED) is 0.817. The predicted molar refractivity (Wildman–Crippen MR) is 85.3 cm³/mol. The van der Waals surface area contributed by atoms with Crippen LogP contribution in [-0.2, 0) is 11.3 Å². The second-order valence-corrected chi connectivity index (χ2v) is 6.39. The Morgan fingerprint density at radius 2 is 2.15 bits per heavy atom. The highest BCUT2D eigenvalue weighted by Gasteiger charge is 2.27. The maximum atomic E-state index is 6.12. The number of aromatic nitrogens is 2. The molecule has 2 aromatic rings. The van der Waals surface area contributed by atoms with Gasteiger partial charge >= 0.3 is 0 Å². The minimum atomic E-state index is 0.324. The average Bonchev–Trinajstić information content (AvgIpc) is 2.97. The number of aromatic amines is 1. The number of H-pyrrole nitrogens is 1. The molecule has 0 spiro atoms. The van der Waals surface area contributed by atoms with Crippen molar-refractivity contribution in [1.82, 2.24) is 9.55 Å². The maximum Gasteiger partial charge on any atom is 0.178 e. The van der Waals surface area contributed by atoms with E-state index in [1.165, 1.54) is 0 Å². The summed E-state index contributed by atoms with van der Waals surface area (Å²) in [4.78, 5) is 3.20. The highest BCUT2D eigenvalue weighted by atomic mass is 35.5. The highest BCUT2D eigenvalue weighted by molar-refractivity contribution is 7.71. The SMILES string of the molecule is CCC1OCCC1Cn1c(=S)[nH]c2cc(Cl)c(Cl)cc21. The molecule has 1 N–H and O–H groups in total. The van der Waals surface area contributed by atoms with Crippen LogP contribution >= 0.6 is 35.4 Å². The zero-order chi connectivity index (χ0) is 14.3.